The van der Waals surface area contributed by atoms with Crippen molar-refractivity contribution in [2.75, 3.05) is 6.61 Å². The first kappa shape index (κ1) is 9.93. The van der Waals surface area contributed by atoms with E-state index < -0.39 is 0 Å². The van der Waals surface area contributed by atoms with Crippen molar-refractivity contribution in [1.82, 2.24) is 9.97 Å². The Labute approximate surface area is 92.4 Å². The predicted octanol–water partition coefficient (Wildman–Crippen LogP) is 2.85. The zero-order valence-corrected chi connectivity index (χ0v) is 8.74. The Morgan fingerprint density at radius 3 is 2.60 bits per heavy atom. The minimum Gasteiger partial charge on any atom is -0.471 e. The van der Waals surface area contributed by atoms with Crippen molar-refractivity contribution >= 4 is 22.6 Å². The number of ether oxygens (including phenoxy) is 1. The van der Waals surface area contributed by atoms with Crippen molar-refractivity contribution < 1.29 is 4.74 Å². The summed E-state index contributed by atoms with van der Waals surface area (Å²) in [5, 5.41) is 0.274. The summed E-state index contributed by atoms with van der Waals surface area (Å²) in [5.74, 6) is 0.343. The molecule has 0 spiro atoms. The van der Waals surface area contributed by atoms with Gasteiger partial charge in [0.15, 0.2) is 5.15 Å². The average Bonchev–Trinajstić information content (AvgIpc) is 2.26. The van der Waals surface area contributed by atoms with E-state index in [4.69, 9.17) is 16.3 Å². The highest BCUT2D eigenvalue weighted by atomic mass is 35.5. The minimum atomic E-state index is 0.274. The van der Waals surface area contributed by atoms with Gasteiger partial charge in [-0.05, 0) is 12.1 Å². The molecule has 0 bridgehead atoms. The normalized spacial score (nSPS) is 10.2. The Morgan fingerprint density at radius 1 is 1.27 bits per heavy atom. The summed E-state index contributed by atoms with van der Waals surface area (Å²) in [4.78, 5) is 8.42. The molecule has 0 aliphatic heterocycles. The number of aromatic nitrogens is 2. The van der Waals surface area contributed by atoms with Crippen molar-refractivity contribution in [1.29, 1.82) is 0 Å². The van der Waals surface area contributed by atoms with Crippen molar-refractivity contribution in [2.45, 2.75) is 0 Å². The highest BCUT2D eigenvalue weighted by Gasteiger charge is 2.06. The van der Waals surface area contributed by atoms with Gasteiger partial charge in [0.1, 0.15) is 6.61 Å². The fourth-order valence-corrected chi connectivity index (χ4v) is 1.38. The van der Waals surface area contributed by atoms with Gasteiger partial charge in [0.2, 0.25) is 0 Å². The highest BCUT2D eigenvalue weighted by Crippen LogP contribution is 2.22. The molecule has 0 saturated heterocycles. The molecule has 15 heavy (non-hydrogen) atoms. The molecule has 0 amide bonds. The smallest absolute Gasteiger partial charge is 0.253 e. The maximum atomic E-state index is 5.91. The summed E-state index contributed by atoms with van der Waals surface area (Å²) in [7, 11) is 0. The number of hydrogen-bond acceptors (Lipinski definition) is 3. The standard InChI is InChI=1S/C11H9ClN2O/c1-2-7-15-11-10(12)13-8-5-3-4-6-9(8)14-11/h2-6H,1,7H2. The van der Waals surface area contributed by atoms with E-state index in [1.165, 1.54) is 0 Å². The van der Waals surface area contributed by atoms with E-state index >= 15 is 0 Å². The largest absolute Gasteiger partial charge is 0.471 e. The summed E-state index contributed by atoms with van der Waals surface area (Å²) in [6.07, 6.45) is 1.63. The Hall–Kier alpha value is -1.61. The van der Waals surface area contributed by atoms with Crippen LogP contribution in [0.15, 0.2) is 36.9 Å². The van der Waals surface area contributed by atoms with Crippen LogP contribution in [0.25, 0.3) is 11.0 Å². The zero-order valence-electron chi connectivity index (χ0n) is 7.98. The number of nitrogens with zero attached hydrogens (tertiary/aromatic N) is 2. The fraction of sp³-hybridized carbons (Fsp3) is 0.0909. The lowest BCUT2D eigenvalue weighted by Crippen LogP contribution is -1.98. The maximum absolute atomic E-state index is 5.91. The molecule has 0 N–H and O–H groups in total. The quantitative estimate of drug-likeness (QED) is 0.746. The Kier molecular flexibility index (Phi) is 2.83. The van der Waals surface area contributed by atoms with Crippen LogP contribution >= 0.6 is 11.6 Å². The topological polar surface area (TPSA) is 35.0 Å². The molecular formula is C11H9ClN2O. The van der Waals surface area contributed by atoms with Crippen LogP contribution in [0.4, 0.5) is 0 Å². The Bertz CT molecular complexity index is 499. The van der Waals surface area contributed by atoms with Crippen LogP contribution in [-0.2, 0) is 0 Å². The van der Waals surface area contributed by atoms with Crippen LogP contribution in [-0.4, -0.2) is 16.6 Å². The molecule has 3 nitrogen and oxygen atoms in total. The molecule has 76 valence electrons. The lowest BCUT2D eigenvalue weighted by atomic mass is 10.3. The van der Waals surface area contributed by atoms with Gasteiger partial charge < -0.3 is 4.74 Å². The third-order valence-electron chi connectivity index (χ3n) is 1.84. The molecule has 0 aliphatic rings. The number of para-hydroxylation sites is 2. The SMILES string of the molecule is C=CCOc1nc2ccccc2nc1Cl. The molecule has 0 unspecified atom stereocenters. The maximum Gasteiger partial charge on any atom is 0.253 e. The second-order valence-electron chi connectivity index (χ2n) is 2.91. The first-order valence-electron chi connectivity index (χ1n) is 4.47. The molecule has 1 aromatic heterocycles. The van der Waals surface area contributed by atoms with E-state index in [1.807, 2.05) is 24.3 Å². The van der Waals surface area contributed by atoms with E-state index in [0.29, 0.717) is 12.5 Å². The molecule has 0 atom stereocenters. The molecule has 0 aliphatic carbocycles. The van der Waals surface area contributed by atoms with Crippen LogP contribution in [0, 0.1) is 0 Å². The number of halogens is 1. The fourth-order valence-electron chi connectivity index (χ4n) is 1.19. The molecular weight excluding hydrogens is 212 g/mol. The van der Waals surface area contributed by atoms with Gasteiger partial charge >= 0.3 is 0 Å². The molecule has 1 aromatic carbocycles. The summed E-state index contributed by atoms with van der Waals surface area (Å²) in [6, 6.07) is 7.49. The molecule has 2 rings (SSSR count). The van der Waals surface area contributed by atoms with Gasteiger partial charge in [-0.25, -0.2) is 9.97 Å². The molecule has 0 radical (unpaired) electrons. The van der Waals surface area contributed by atoms with Gasteiger partial charge in [0, 0.05) is 0 Å². The van der Waals surface area contributed by atoms with Crippen LogP contribution in [0.3, 0.4) is 0 Å². The summed E-state index contributed by atoms with van der Waals surface area (Å²) >= 11 is 5.91. The first-order chi connectivity index (χ1) is 7.31. The van der Waals surface area contributed by atoms with Crippen LogP contribution in [0.2, 0.25) is 5.15 Å². The molecule has 0 fully saturated rings. The van der Waals surface area contributed by atoms with Crippen molar-refractivity contribution in [3.63, 3.8) is 0 Å². The van der Waals surface area contributed by atoms with E-state index in [0.717, 1.165) is 11.0 Å². The van der Waals surface area contributed by atoms with Crippen LogP contribution in [0.1, 0.15) is 0 Å². The third kappa shape index (κ3) is 2.07. The average molecular weight is 221 g/mol. The summed E-state index contributed by atoms with van der Waals surface area (Å²) < 4.78 is 5.27. The molecule has 4 heteroatoms. The second-order valence-corrected chi connectivity index (χ2v) is 3.27. The number of fused-ring (bicyclic) bond motifs is 1. The number of rotatable bonds is 3. The van der Waals surface area contributed by atoms with E-state index in [-0.39, 0.29) is 5.15 Å². The Balaban J connectivity index is 2.47. The van der Waals surface area contributed by atoms with Gasteiger partial charge in [0.25, 0.3) is 5.88 Å². The van der Waals surface area contributed by atoms with Gasteiger partial charge in [-0.15, -0.1) is 0 Å². The first-order valence-corrected chi connectivity index (χ1v) is 4.85. The summed E-state index contributed by atoms with van der Waals surface area (Å²) in [6.45, 7) is 3.92. The number of hydrogen-bond donors (Lipinski definition) is 0. The van der Waals surface area contributed by atoms with Crippen LogP contribution < -0.4 is 4.74 Å². The van der Waals surface area contributed by atoms with Crippen molar-refractivity contribution in [3.05, 3.63) is 42.1 Å². The minimum absolute atomic E-state index is 0.274. The predicted molar refractivity (Wildman–Crippen MR) is 60.2 cm³/mol. The molecule has 2 aromatic rings. The highest BCUT2D eigenvalue weighted by molar-refractivity contribution is 6.31. The van der Waals surface area contributed by atoms with Gasteiger partial charge in [0.05, 0.1) is 11.0 Å². The zero-order chi connectivity index (χ0) is 10.7. The number of benzene rings is 1. The third-order valence-corrected chi connectivity index (χ3v) is 2.08. The summed E-state index contributed by atoms with van der Waals surface area (Å²) in [5.41, 5.74) is 1.52. The van der Waals surface area contributed by atoms with Gasteiger partial charge in [-0.1, -0.05) is 36.4 Å². The molecule has 0 saturated carbocycles. The van der Waals surface area contributed by atoms with Gasteiger partial charge in [-0.3, -0.25) is 0 Å². The second kappa shape index (κ2) is 4.28. The van der Waals surface area contributed by atoms with E-state index in [1.54, 1.807) is 6.08 Å². The Morgan fingerprint density at radius 2 is 1.93 bits per heavy atom. The monoisotopic (exact) mass is 220 g/mol. The lowest BCUT2D eigenvalue weighted by Gasteiger charge is -2.04. The van der Waals surface area contributed by atoms with E-state index in [9.17, 15) is 0 Å². The molecule has 1 heterocycles. The van der Waals surface area contributed by atoms with Gasteiger partial charge in [-0.2, -0.15) is 0 Å². The lowest BCUT2D eigenvalue weighted by molar-refractivity contribution is 0.349. The van der Waals surface area contributed by atoms with Crippen molar-refractivity contribution in [3.8, 4) is 5.88 Å². The van der Waals surface area contributed by atoms with Crippen molar-refractivity contribution in [2.24, 2.45) is 0 Å². The van der Waals surface area contributed by atoms with E-state index in [2.05, 4.69) is 16.5 Å². The van der Waals surface area contributed by atoms with Crippen LogP contribution in [0.5, 0.6) is 5.88 Å².